The summed E-state index contributed by atoms with van der Waals surface area (Å²) in [7, 11) is 0. The van der Waals surface area contributed by atoms with Gasteiger partial charge in [-0.25, -0.2) is 0 Å². The molecule has 3 aromatic rings. The highest BCUT2D eigenvalue weighted by Gasteiger charge is 2.22. The Morgan fingerprint density at radius 2 is 1.83 bits per heavy atom. The maximum atomic E-state index is 12.7. The van der Waals surface area contributed by atoms with Crippen LogP contribution in [0.2, 0.25) is 0 Å². The molecule has 0 atom stereocenters. The van der Waals surface area contributed by atoms with Crippen LogP contribution in [0.15, 0.2) is 48.7 Å². The Kier molecular flexibility index (Phi) is 4.81. The first kappa shape index (κ1) is 18.0. The van der Waals surface area contributed by atoms with Crippen LogP contribution in [0.4, 0.5) is 0 Å². The number of carbonyl (C=O) groups is 1. The lowest BCUT2D eigenvalue weighted by Gasteiger charge is -2.34. The van der Waals surface area contributed by atoms with E-state index in [2.05, 4.69) is 16.1 Å². The molecule has 0 saturated carbocycles. The number of piperazine rings is 1. The van der Waals surface area contributed by atoms with Gasteiger partial charge in [-0.3, -0.25) is 14.4 Å². The average Bonchev–Trinajstić information content (AvgIpc) is 3.39. The van der Waals surface area contributed by atoms with Gasteiger partial charge in [0.15, 0.2) is 11.5 Å². The van der Waals surface area contributed by atoms with Gasteiger partial charge in [0.25, 0.3) is 0 Å². The number of aryl methyl sites for hydroxylation is 1. The summed E-state index contributed by atoms with van der Waals surface area (Å²) in [5, 5.41) is 5.52. The molecule has 150 valence electrons. The number of fused-ring (bicyclic) bond motifs is 2. The fourth-order valence-electron chi connectivity index (χ4n) is 4.02. The number of aromatic nitrogens is 2. The highest BCUT2D eigenvalue weighted by molar-refractivity contribution is 5.79. The smallest absolute Gasteiger partial charge is 0.231 e. The molecule has 1 aromatic heterocycles. The molecular formula is C22H24N4O3. The number of amides is 1. The van der Waals surface area contributed by atoms with E-state index < -0.39 is 0 Å². The lowest BCUT2D eigenvalue weighted by Crippen LogP contribution is -2.48. The van der Waals surface area contributed by atoms with E-state index in [1.165, 1.54) is 5.56 Å². The molecule has 3 heterocycles. The van der Waals surface area contributed by atoms with E-state index in [1.54, 1.807) is 0 Å². The predicted octanol–water partition coefficient (Wildman–Crippen LogP) is 2.50. The first-order chi connectivity index (χ1) is 14.3. The molecule has 1 fully saturated rings. The van der Waals surface area contributed by atoms with E-state index >= 15 is 0 Å². The summed E-state index contributed by atoms with van der Waals surface area (Å²) in [6.07, 6.45) is 2.34. The fraction of sp³-hybridized carbons (Fsp3) is 0.364. The van der Waals surface area contributed by atoms with Crippen LogP contribution in [-0.2, 0) is 17.9 Å². The number of hydrogen-bond acceptors (Lipinski definition) is 5. The van der Waals surface area contributed by atoms with E-state index in [0.29, 0.717) is 19.8 Å². The van der Waals surface area contributed by atoms with Crippen molar-refractivity contribution >= 4 is 16.8 Å². The molecule has 7 heteroatoms. The van der Waals surface area contributed by atoms with Crippen molar-refractivity contribution in [3.8, 4) is 11.5 Å². The zero-order valence-electron chi connectivity index (χ0n) is 16.3. The van der Waals surface area contributed by atoms with Gasteiger partial charge in [-0.15, -0.1) is 0 Å². The van der Waals surface area contributed by atoms with Crippen LogP contribution in [0.25, 0.3) is 10.9 Å². The van der Waals surface area contributed by atoms with E-state index in [9.17, 15) is 4.79 Å². The largest absolute Gasteiger partial charge is 0.454 e. The second-order valence-corrected chi connectivity index (χ2v) is 7.52. The topological polar surface area (TPSA) is 59.8 Å². The van der Waals surface area contributed by atoms with Crippen LogP contribution in [0.3, 0.4) is 0 Å². The molecule has 0 aliphatic carbocycles. The van der Waals surface area contributed by atoms with Crippen molar-refractivity contribution < 1.29 is 14.3 Å². The first-order valence-corrected chi connectivity index (χ1v) is 10.1. The minimum atomic E-state index is 0.201. The predicted molar refractivity (Wildman–Crippen MR) is 109 cm³/mol. The van der Waals surface area contributed by atoms with Crippen LogP contribution in [0, 0.1) is 0 Å². The summed E-state index contributed by atoms with van der Waals surface area (Å²) < 4.78 is 12.8. The summed E-state index contributed by atoms with van der Waals surface area (Å²) in [5.74, 6) is 1.84. The highest BCUT2D eigenvalue weighted by atomic mass is 16.7. The van der Waals surface area contributed by atoms with E-state index in [0.717, 1.165) is 55.1 Å². The number of carbonyl (C=O) groups excluding carboxylic acids is 1. The summed E-state index contributed by atoms with van der Waals surface area (Å²) in [6.45, 7) is 5.07. The van der Waals surface area contributed by atoms with Crippen molar-refractivity contribution in [1.29, 1.82) is 0 Å². The fourth-order valence-corrected chi connectivity index (χ4v) is 4.02. The molecule has 0 spiro atoms. The number of benzene rings is 2. The Hall–Kier alpha value is -3.06. The summed E-state index contributed by atoms with van der Waals surface area (Å²) in [5.41, 5.74) is 2.29. The molecule has 5 rings (SSSR count). The quantitative estimate of drug-likeness (QED) is 0.668. The zero-order valence-corrected chi connectivity index (χ0v) is 16.3. The molecule has 2 aromatic carbocycles. The molecule has 2 aliphatic heterocycles. The lowest BCUT2D eigenvalue weighted by molar-refractivity contribution is -0.133. The van der Waals surface area contributed by atoms with Crippen molar-refractivity contribution in [2.45, 2.75) is 19.5 Å². The van der Waals surface area contributed by atoms with Gasteiger partial charge in [-0.1, -0.05) is 24.3 Å². The number of hydrogen-bond donors (Lipinski definition) is 0. The van der Waals surface area contributed by atoms with Gasteiger partial charge in [0, 0.05) is 44.5 Å². The SMILES string of the molecule is O=C(CCn1ncc2ccccc21)N1CCN(Cc2ccc3c(c2)OCO3)CC1. The van der Waals surface area contributed by atoms with Crippen LogP contribution < -0.4 is 9.47 Å². The van der Waals surface area contributed by atoms with E-state index in [-0.39, 0.29) is 5.91 Å². The second-order valence-electron chi connectivity index (χ2n) is 7.52. The van der Waals surface area contributed by atoms with Gasteiger partial charge >= 0.3 is 0 Å². The van der Waals surface area contributed by atoms with Gasteiger partial charge in [0.05, 0.1) is 18.3 Å². The standard InChI is InChI=1S/C22H24N4O3/c27-22(7-8-26-19-4-2-1-3-18(19)14-23-26)25-11-9-24(10-12-25)15-17-5-6-20-21(13-17)29-16-28-20/h1-6,13-14H,7-12,15-16H2. The Labute approximate surface area is 169 Å². The molecular weight excluding hydrogens is 368 g/mol. The van der Waals surface area contributed by atoms with Gasteiger partial charge in [0.1, 0.15) is 0 Å². The molecule has 0 radical (unpaired) electrons. The molecule has 0 unspecified atom stereocenters. The van der Waals surface area contributed by atoms with Gasteiger partial charge in [-0.05, 0) is 23.8 Å². The van der Waals surface area contributed by atoms with Crippen LogP contribution in [0.5, 0.6) is 11.5 Å². The Balaban J connectivity index is 1.12. The van der Waals surface area contributed by atoms with Gasteiger partial charge < -0.3 is 14.4 Å². The number of nitrogens with zero attached hydrogens (tertiary/aromatic N) is 4. The monoisotopic (exact) mass is 392 g/mol. The van der Waals surface area contributed by atoms with Crippen molar-refractivity contribution in [1.82, 2.24) is 19.6 Å². The number of ether oxygens (including phenoxy) is 2. The third-order valence-electron chi connectivity index (χ3n) is 5.66. The summed E-state index contributed by atoms with van der Waals surface area (Å²) in [4.78, 5) is 17.0. The average molecular weight is 392 g/mol. The molecule has 1 amide bonds. The highest BCUT2D eigenvalue weighted by Crippen LogP contribution is 2.32. The molecule has 29 heavy (non-hydrogen) atoms. The number of para-hydroxylation sites is 1. The summed E-state index contributed by atoms with van der Waals surface area (Å²) in [6, 6.07) is 14.2. The van der Waals surface area contributed by atoms with Crippen LogP contribution in [0.1, 0.15) is 12.0 Å². The molecule has 7 nitrogen and oxygen atoms in total. The van der Waals surface area contributed by atoms with E-state index in [1.807, 2.05) is 52.2 Å². The maximum absolute atomic E-state index is 12.7. The van der Waals surface area contributed by atoms with Crippen molar-refractivity contribution in [2.24, 2.45) is 0 Å². The lowest BCUT2D eigenvalue weighted by atomic mass is 10.1. The molecule has 2 aliphatic rings. The molecule has 0 bridgehead atoms. The Morgan fingerprint density at radius 3 is 2.72 bits per heavy atom. The molecule has 1 saturated heterocycles. The van der Waals surface area contributed by atoms with Gasteiger partial charge in [-0.2, -0.15) is 5.10 Å². The number of rotatable bonds is 5. The third-order valence-corrected chi connectivity index (χ3v) is 5.66. The first-order valence-electron chi connectivity index (χ1n) is 10.1. The normalized spacial score (nSPS) is 16.5. The maximum Gasteiger partial charge on any atom is 0.231 e. The van der Waals surface area contributed by atoms with Crippen molar-refractivity contribution in [3.63, 3.8) is 0 Å². The van der Waals surface area contributed by atoms with Crippen LogP contribution >= 0.6 is 0 Å². The zero-order chi connectivity index (χ0) is 19.6. The summed E-state index contributed by atoms with van der Waals surface area (Å²) >= 11 is 0. The molecule has 0 N–H and O–H groups in total. The Morgan fingerprint density at radius 1 is 1.00 bits per heavy atom. The van der Waals surface area contributed by atoms with E-state index in [4.69, 9.17) is 9.47 Å². The van der Waals surface area contributed by atoms with Gasteiger partial charge in [0.2, 0.25) is 12.7 Å². The van der Waals surface area contributed by atoms with Crippen LogP contribution in [-0.4, -0.2) is 58.5 Å². The third kappa shape index (κ3) is 3.78. The van der Waals surface area contributed by atoms with Crippen molar-refractivity contribution in [2.75, 3.05) is 33.0 Å². The minimum absolute atomic E-state index is 0.201. The Bertz CT molecular complexity index is 1020. The van der Waals surface area contributed by atoms with Crippen molar-refractivity contribution in [3.05, 3.63) is 54.2 Å². The second kappa shape index (κ2) is 7.75. The minimum Gasteiger partial charge on any atom is -0.454 e.